The van der Waals surface area contributed by atoms with Crippen molar-refractivity contribution in [1.82, 2.24) is 0 Å². The van der Waals surface area contributed by atoms with E-state index in [4.69, 9.17) is 18.9 Å². The molecule has 3 atom stereocenters. The lowest BCUT2D eigenvalue weighted by molar-refractivity contribution is 0.318. The van der Waals surface area contributed by atoms with Gasteiger partial charge in [-0.25, -0.2) is 0 Å². The van der Waals surface area contributed by atoms with Gasteiger partial charge in [0.1, 0.15) is 29.5 Å². The molecule has 0 spiro atoms. The van der Waals surface area contributed by atoms with Crippen molar-refractivity contribution in [3.05, 3.63) is 86.0 Å². The summed E-state index contributed by atoms with van der Waals surface area (Å²) in [4.78, 5) is 0. The maximum absolute atomic E-state index is 6.87. The van der Waals surface area contributed by atoms with Crippen LogP contribution in [0, 0.1) is 34.6 Å². The van der Waals surface area contributed by atoms with Gasteiger partial charge >= 0.3 is 0 Å². The van der Waals surface area contributed by atoms with Crippen LogP contribution in [-0.2, 0) is 9.47 Å². The van der Waals surface area contributed by atoms with Gasteiger partial charge in [-0.3, -0.25) is 0 Å². The van der Waals surface area contributed by atoms with Crippen molar-refractivity contribution in [2.45, 2.75) is 59.7 Å². The molecule has 3 heterocycles. The van der Waals surface area contributed by atoms with Crippen LogP contribution in [0.5, 0.6) is 17.2 Å². The van der Waals surface area contributed by atoms with Crippen LogP contribution >= 0.6 is 0 Å². The van der Waals surface area contributed by atoms with E-state index < -0.39 is 0 Å². The molecule has 0 radical (unpaired) electrons. The largest absolute Gasteiger partial charge is 0.493 e. The number of ether oxygens (including phenoxy) is 4. The number of hydrogen-bond donors (Lipinski definition) is 0. The van der Waals surface area contributed by atoms with E-state index in [9.17, 15) is 0 Å². The van der Waals surface area contributed by atoms with Crippen LogP contribution in [0.15, 0.2) is 30.3 Å². The Morgan fingerprint density at radius 1 is 0.706 bits per heavy atom. The Morgan fingerprint density at radius 2 is 1.26 bits per heavy atom. The molecule has 3 aliphatic rings. The molecule has 4 heteroatoms. The first-order chi connectivity index (χ1) is 16.4. The number of epoxide rings is 2. The average Bonchev–Trinajstić information content (AvgIpc) is 3.75. The van der Waals surface area contributed by atoms with E-state index in [1.807, 2.05) is 0 Å². The van der Waals surface area contributed by atoms with E-state index in [1.54, 1.807) is 0 Å². The van der Waals surface area contributed by atoms with E-state index >= 15 is 0 Å². The van der Waals surface area contributed by atoms with E-state index in [1.165, 1.54) is 50.1 Å². The van der Waals surface area contributed by atoms with E-state index in [-0.39, 0.29) is 18.1 Å². The fourth-order valence-corrected chi connectivity index (χ4v) is 5.86. The number of benzene rings is 3. The predicted molar refractivity (Wildman–Crippen MR) is 133 cm³/mol. The lowest BCUT2D eigenvalue weighted by Crippen LogP contribution is -2.20. The summed E-state index contributed by atoms with van der Waals surface area (Å²) < 4.78 is 24.9. The zero-order valence-corrected chi connectivity index (χ0v) is 20.9. The maximum atomic E-state index is 6.87. The molecular weight excluding hydrogens is 424 g/mol. The summed E-state index contributed by atoms with van der Waals surface area (Å²) in [6.45, 7) is 15.1. The molecule has 0 saturated carbocycles. The fraction of sp³-hybridized carbons (Fsp3) is 0.400. The SMILES string of the molecule is CCOc1c(C2CO2)c(C)c(C)c2c1C(c1ccccc1)c1c(C)c(C3CO3)c(C)c(C)c1O2. The normalized spacial score (nSPS) is 22.0. The van der Waals surface area contributed by atoms with E-state index in [0.717, 1.165) is 36.0 Å². The van der Waals surface area contributed by atoms with Gasteiger partial charge in [-0.05, 0) is 80.5 Å². The highest BCUT2D eigenvalue weighted by atomic mass is 16.6. The average molecular weight is 457 g/mol. The highest BCUT2D eigenvalue weighted by Gasteiger charge is 2.42. The molecule has 0 aromatic heterocycles. The minimum atomic E-state index is 0.00935. The third kappa shape index (κ3) is 3.12. The van der Waals surface area contributed by atoms with Gasteiger partial charge < -0.3 is 18.9 Å². The second kappa shape index (κ2) is 7.86. The molecular formula is C30H32O4. The Balaban J connectivity index is 1.72. The van der Waals surface area contributed by atoms with Gasteiger partial charge in [0.05, 0.1) is 19.8 Å². The van der Waals surface area contributed by atoms with Gasteiger partial charge in [-0.2, -0.15) is 0 Å². The second-order valence-corrected chi connectivity index (χ2v) is 9.79. The van der Waals surface area contributed by atoms with Crippen LogP contribution in [0.4, 0.5) is 0 Å². The number of fused-ring (bicyclic) bond motifs is 2. The first kappa shape index (κ1) is 21.7. The van der Waals surface area contributed by atoms with E-state index in [2.05, 4.69) is 71.9 Å². The highest BCUT2D eigenvalue weighted by Crippen LogP contribution is 2.59. The highest BCUT2D eigenvalue weighted by molar-refractivity contribution is 5.72. The third-order valence-electron chi connectivity index (χ3n) is 7.91. The van der Waals surface area contributed by atoms with E-state index in [0.29, 0.717) is 6.61 Å². The molecule has 2 fully saturated rings. The zero-order valence-electron chi connectivity index (χ0n) is 20.9. The Hall–Kier alpha value is -2.82. The number of hydrogen-bond acceptors (Lipinski definition) is 4. The number of rotatable bonds is 5. The van der Waals surface area contributed by atoms with Crippen molar-refractivity contribution < 1.29 is 18.9 Å². The zero-order chi connectivity index (χ0) is 23.7. The van der Waals surface area contributed by atoms with Crippen molar-refractivity contribution in [3.8, 4) is 17.2 Å². The first-order valence-corrected chi connectivity index (χ1v) is 12.3. The summed E-state index contributed by atoms with van der Waals surface area (Å²) in [5.74, 6) is 2.87. The summed E-state index contributed by atoms with van der Waals surface area (Å²) in [5, 5.41) is 0. The Kier molecular flexibility index (Phi) is 5.02. The fourth-order valence-electron chi connectivity index (χ4n) is 5.86. The summed E-state index contributed by atoms with van der Waals surface area (Å²) in [5.41, 5.74) is 12.2. The van der Waals surface area contributed by atoms with Crippen molar-refractivity contribution in [1.29, 1.82) is 0 Å². The molecule has 0 N–H and O–H groups in total. The van der Waals surface area contributed by atoms with Crippen LogP contribution < -0.4 is 9.47 Å². The van der Waals surface area contributed by atoms with Crippen molar-refractivity contribution >= 4 is 0 Å². The molecule has 176 valence electrons. The smallest absolute Gasteiger partial charge is 0.138 e. The maximum Gasteiger partial charge on any atom is 0.138 e. The lowest BCUT2D eigenvalue weighted by atomic mass is 9.75. The molecule has 0 amide bonds. The van der Waals surface area contributed by atoms with Crippen LogP contribution in [0.3, 0.4) is 0 Å². The van der Waals surface area contributed by atoms with Crippen molar-refractivity contribution in [2.75, 3.05) is 19.8 Å². The van der Waals surface area contributed by atoms with Crippen LogP contribution in [0.1, 0.15) is 80.7 Å². The molecule has 0 bridgehead atoms. The van der Waals surface area contributed by atoms with Crippen LogP contribution in [-0.4, -0.2) is 19.8 Å². The molecule has 34 heavy (non-hydrogen) atoms. The Morgan fingerprint density at radius 3 is 1.85 bits per heavy atom. The predicted octanol–water partition coefficient (Wildman–Crippen LogP) is 7.06. The van der Waals surface area contributed by atoms with Gasteiger partial charge in [-0.1, -0.05) is 30.3 Å². The van der Waals surface area contributed by atoms with Gasteiger partial charge in [0.2, 0.25) is 0 Å². The molecule has 4 nitrogen and oxygen atoms in total. The topological polar surface area (TPSA) is 43.5 Å². The molecule has 3 unspecified atom stereocenters. The van der Waals surface area contributed by atoms with Gasteiger partial charge in [-0.15, -0.1) is 0 Å². The molecule has 3 aromatic carbocycles. The molecule has 2 saturated heterocycles. The minimum Gasteiger partial charge on any atom is -0.493 e. The molecule has 0 aliphatic carbocycles. The summed E-state index contributed by atoms with van der Waals surface area (Å²) in [6, 6.07) is 10.8. The van der Waals surface area contributed by atoms with Crippen LogP contribution in [0.2, 0.25) is 0 Å². The minimum absolute atomic E-state index is 0.00935. The Bertz CT molecular complexity index is 1300. The molecule has 6 rings (SSSR count). The molecule has 3 aliphatic heterocycles. The standard InChI is InChI=1S/C30H32O4/c1-7-31-30-24(22-14-33-22)16(3)18(5)29-27(30)26(20-11-9-8-10-12-20)25-19(6)23(21-13-32-21)15(2)17(4)28(25)34-29/h8-12,21-22,26H,7,13-14H2,1-6H3. The Labute approximate surface area is 201 Å². The second-order valence-electron chi connectivity index (χ2n) is 9.79. The molecule has 3 aromatic rings. The third-order valence-corrected chi connectivity index (χ3v) is 7.91. The quantitative estimate of drug-likeness (QED) is 0.302. The van der Waals surface area contributed by atoms with Gasteiger partial charge in [0.25, 0.3) is 0 Å². The lowest BCUT2D eigenvalue weighted by Gasteiger charge is -2.36. The summed E-state index contributed by atoms with van der Waals surface area (Å²) in [6.07, 6.45) is 0.281. The van der Waals surface area contributed by atoms with Gasteiger partial charge in [0.15, 0.2) is 0 Å². The van der Waals surface area contributed by atoms with Gasteiger partial charge in [0, 0.05) is 22.6 Å². The summed E-state index contributed by atoms with van der Waals surface area (Å²) in [7, 11) is 0. The summed E-state index contributed by atoms with van der Waals surface area (Å²) >= 11 is 0. The van der Waals surface area contributed by atoms with Crippen LogP contribution in [0.25, 0.3) is 0 Å². The van der Waals surface area contributed by atoms with Crippen molar-refractivity contribution in [3.63, 3.8) is 0 Å². The van der Waals surface area contributed by atoms with Crippen molar-refractivity contribution in [2.24, 2.45) is 0 Å². The monoisotopic (exact) mass is 456 g/mol. The first-order valence-electron chi connectivity index (χ1n) is 12.3.